The van der Waals surface area contributed by atoms with Gasteiger partial charge in [-0.25, -0.2) is 0 Å². The molecule has 0 unspecified atom stereocenters. The van der Waals surface area contributed by atoms with E-state index in [4.69, 9.17) is 4.74 Å². The number of aliphatic hydroxyl groups is 1. The van der Waals surface area contributed by atoms with Gasteiger partial charge in [-0.2, -0.15) is 0 Å². The van der Waals surface area contributed by atoms with E-state index in [0.29, 0.717) is 12.4 Å². The zero-order valence-electron chi connectivity index (χ0n) is 11.0. The Kier molecular flexibility index (Phi) is 2.65. The summed E-state index contributed by atoms with van der Waals surface area (Å²) in [7, 11) is 0. The van der Waals surface area contributed by atoms with Gasteiger partial charge >= 0.3 is 0 Å². The number of ether oxygens (including phenoxy) is 1. The van der Waals surface area contributed by atoms with E-state index in [9.17, 15) is 10.2 Å². The van der Waals surface area contributed by atoms with Crippen LogP contribution in [0.2, 0.25) is 0 Å². The molecule has 3 heteroatoms. The quantitative estimate of drug-likeness (QED) is 0.797. The molecule has 0 amide bonds. The number of hydrogen-bond donors (Lipinski definition) is 2. The second-order valence-electron chi connectivity index (χ2n) is 6.01. The third-order valence-corrected chi connectivity index (χ3v) is 4.54. The Morgan fingerprint density at radius 1 is 1.17 bits per heavy atom. The number of rotatable bonds is 1. The van der Waals surface area contributed by atoms with Gasteiger partial charge in [0.15, 0.2) is 0 Å². The van der Waals surface area contributed by atoms with Crippen LogP contribution in [0.15, 0.2) is 0 Å². The Morgan fingerprint density at radius 3 is 2.61 bits per heavy atom. The molecule has 1 heterocycles. The maximum atomic E-state index is 10.4. The fraction of sp³-hybridized carbons (Fsp3) is 0.600. The van der Waals surface area contributed by atoms with Gasteiger partial charge in [0.2, 0.25) is 0 Å². The van der Waals surface area contributed by atoms with Gasteiger partial charge in [-0.3, -0.25) is 0 Å². The monoisotopic (exact) mass is 248 g/mol. The molecule has 0 saturated heterocycles. The van der Waals surface area contributed by atoms with Crippen LogP contribution in [0, 0.1) is 12.3 Å². The first-order valence-electron chi connectivity index (χ1n) is 6.59. The number of hydrogen-bond acceptors (Lipinski definition) is 3. The van der Waals surface area contributed by atoms with Crippen molar-refractivity contribution in [1.29, 1.82) is 0 Å². The Labute approximate surface area is 107 Å². The van der Waals surface area contributed by atoms with Crippen LogP contribution in [0.4, 0.5) is 0 Å². The van der Waals surface area contributed by atoms with Gasteiger partial charge in [0.25, 0.3) is 0 Å². The van der Waals surface area contributed by atoms with Crippen LogP contribution in [-0.4, -0.2) is 23.4 Å². The summed E-state index contributed by atoms with van der Waals surface area (Å²) >= 11 is 0. The van der Waals surface area contributed by atoms with Gasteiger partial charge in [0.05, 0.1) is 13.2 Å². The molecule has 3 rings (SSSR count). The molecular weight excluding hydrogens is 228 g/mol. The first-order chi connectivity index (χ1) is 8.56. The third-order valence-electron chi connectivity index (χ3n) is 4.54. The van der Waals surface area contributed by atoms with Crippen LogP contribution in [0.3, 0.4) is 0 Å². The summed E-state index contributed by atoms with van der Waals surface area (Å²) in [5.74, 6) is 0.419. The highest BCUT2D eigenvalue weighted by atomic mass is 16.5. The van der Waals surface area contributed by atoms with Crippen LogP contribution in [0.1, 0.15) is 34.7 Å². The summed E-state index contributed by atoms with van der Waals surface area (Å²) in [6.07, 6.45) is 2.52. The van der Waals surface area contributed by atoms with E-state index in [1.807, 2.05) is 0 Å². The highest BCUT2D eigenvalue weighted by molar-refractivity contribution is 5.57. The van der Waals surface area contributed by atoms with Gasteiger partial charge in [-0.05, 0) is 53.9 Å². The van der Waals surface area contributed by atoms with Gasteiger partial charge in [-0.15, -0.1) is 0 Å². The first kappa shape index (κ1) is 12.0. The average molecular weight is 248 g/mol. The van der Waals surface area contributed by atoms with Gasteiger partial charge < -0.3 is 14.9 Å². The number of aromatic hydroxyl groups is 1. The Balaban J connectivity index is 2.17. The fourth-order valence-electron chi connectivity index (χ4n) is 3.40. The zero-order chi connectivity index (χ0) is 12.9. The van der Waals surface area contributed by atoms with E-state index in [0.717, 1.165) is 37.0 Å². The van der Waals surface area contributed by atoms with Crippen molar-refractivity contribution in [3.8, 4) is 5.75 Å². The molecule has 1 aromatic rings. The highest BCUT2D eigenvalue weighted by Gasteiger charge is 2.37. The molecule has 1 atom stereocenters. The molecule has 2 aliphatic rings. The number of phenols is 1. The van der Waals surface area contributed by atoms with Crippen molar-refractivity contribution in [2.45, 2.75) is 39.7 Å². The molecule has 0 spiro atoms. The lowest BCUT2D eigenvalue weighted by Crippen LogP contribution is -2.21. The molecule has 18 heavy (non-hydrogen) atoms. The van der Waals surface area contributed by atoms with Crippen LogP contribution in [-0.2, 0) is 30.6 Å². The summed E-state index contributed by atoms with van der Waals surface area (Å²) in [4.78, 5) is 0. The maximum absolute atomic E-state index is 10.4. The first-order valence-corrected chi connectivity index (χ1v) is 6.59. The fourth-order valence-corrected chi connectivity index (χ4v) is 3.40. The van der Waals surface area contributed by atoms with Crippen molar-refractivity contribution < 1.29 is 14.9 Å². The Bertz CT molecular complexity index is 464. The zero-order valence-corrected chi connectivity index (χ0v) is 11.0. The predicted octanol–water partition coefficient (Wildman–Crippen LogP) is 1.87. The smallest absolute Gasteiger partial charge is 0.124 e. The molecule has 0 saturated carbocycles. The Hall–Kier alpha value is -1.06. The van der Waals surface area contributed by atoms with Crippen molar-refractivity contribution in [3.05, 3.63) is 27.8 Å². The molecular formula is C15H20O3. The normalized spacial score (nSPS) is 25.9. The minimum absolute atomic E-state index is 0.116. The Morgan fingerprint density at radius 2 is 1.89 bits per heavy atom. The number of aliphatic hydroxyl groups excluding tert-OH is 1. The second-order valence-corrected chi connectivity index (χ2v) is 6.01. The topological polar surface area (TPSA) is 49.7 Å². The average Bonchev–Trinajstić information content (AvgIpc) is 2.75. The van der Waals surface area contributed by atoms with E-state index in [-0.39, 0.29) is 12.0 Å². The van der Waals surface area contributed by atoms with E-state index in [1.165, 1.54) is 16.7 Å². The van der Waals surface area contributed by atoms with Crippen molar-refractivity contribution in [2.75, 3.05) is 13.2 Å². The predicted molar refractivity (Wildman–Crippen MR) is 68.8 cm³/mol. The molecule has 3 nitrogen and oxygen atoms in total. The van der Waals surface area contributed by atoms with Crippen molar-refractivity contribution >= 4 is 0 Å². The van der Waals surface area contributed by atoms with E-state index in [1.54, 1.807) is 0 Å². The molecule has 0 bridgehead atoms. The van der Waals surface area contributed by atoms with Crippen LogP contribution in [0.25, 0.3) is 0 Å². The summed E-state index contributed by atoms with van der Waals surface area (Å²) in [5, 5.41) is 20.0. The summed E-state index contributed by atoms with van der Waals surface area (Å²) in [5.41, 5.74) is 5.71. The molecule has 0 fully saturated rings. The molecule has 0 radical (unpaired) electrons. The lowest BCUT2D eigenvalue weighted by atomic mass is 9.88. The number of benzene rings is 1. The SMILES string of the molecule is Cc1c2c(c(O)c3c1C[C@](C)(CO)C3)COCC2. The van der Waals surface area contributed by atoms with Crippen LogP contribution < -0.4 is 0 Å². The number of phenolic OH excluding ortho intramolecular Hbond substituents is 1. The lowest BCUT2D eigenvalue weighted by Gasteiger charge is -2.23. The highest BCUT2D eigenvalue weighted by Crippen LogP contribution is 2.46. The number of fused-ring (bicyclic) bond motifs is 2. The molecule has 0 aromatic heterocycles. The van der Waals surface area contributed by atoms with Crippen molar-refractivity contribution in [1.82, 2.24) is 0 Å². The summed E-state index contributed by atoms with van der Waals surface area (Å²) < 4.78 is 5.46. The van der Waals surface area contributed by atoms with Crippen molar-refractivity contribution in [3.63, 3.8) is 0 Å². The van der Waals surface area contributed by atoms with Crippen LogP contribution >= 0.6 is 0 Å². The van der Waals surface area contributed by atoms with Gasteiger partial charge in [0, 0.05) is 12.2 Å². The summed E-state index contributed by atoms with van der Waals surface area (Å²) in [6.45, 7) is 5.66. The largest absolute Gasteiger partial charge is 0.507 e. The second kappa shape index (κ2) is 3.97. The minimum Gasteiger partial charge on any atom is -0.507 e. The minimum atomic E-state index is -0.116. The standard InChI is InChI=1S/C15H20O3/c1-9-10-3-4-18-7-13(10)14(17)12-6-15(2,8-16)5-11(9)12/h16-17H,3-8H2,1-2H3/t15-/m0/s1. The maximum Gasteiger partial charge on any atom is 0.124 e. The molecule has 98 valence electrons. The third kappa shape index (κ3) is 1.57. The van der Waals surface area contributed by atoms with E-state index in [2.05, 4.69) is 13.8 Å². The molecule has 1 aliphatic carbocycles. The lowest BCUT2D eigenvalue weighted by molar-refractivity contribution is 0.108. The molecule has 1 aromatic carbocycles. The molecule has 2 N–H and O–H groups in total. The molecule has 1 aliphatic heterocycles. The van der Waals surface area contributed by atoms with Gasteiger partial charge in [-0.1, -0.05) is 6.92 Å². The van der Waals surface area contributed by atoms with Gasteiger partial charge in [0.1, 0.15) is 5.75 Å². The van der Waals surface area contributed by atoms with E-state index >= 15 is 0 Å². The van der Waals surface area contributed by atoms with E-state index < -0.39 is 0 Å². The summed E-state index contributed by atoms with van der Waals surface area (Å²) in [6, 6.07) is 0. The van der Waals surface area contributed by atoms with Crippen LogP contribution in [0.5, 0.6) is 5.75 Å². The van der Waals surface area contributed by atoms with Crippen molar-refractivity contribution in [2.24, 2.45) is 5.41 Å².